The summed E-state index contributed by atoms with van der Waals surface area (Å²) in [7, 11) is 0. The zero-order valence-electron chi connectivity index (χ0n) is 9.82. The molecule has 1 heterocycles. The molecule has 1 aromatic rings. The van der Waals surface area contributed by atoms with Crippen molar-refractivity contribution in [3.8, 4) is 0 Å². The third kappa shape index (κ3) is 2.79. The highest BCUT2D eigenvalue weighted by atomic mass is 35.5. The topological polar surface area (TPSA) is 40.5 Å². The highest BCUT2D eigenvalue weighted by molar-refractivity contribution is 6.30. The molecule has 3 nitrogen and oxygen atoms in total. The van der Waals surface area contributed by atoms with Crippen LogP contribution in [-0.4, -0.2) is 29.1 Å². The second-order valence-corrected chi connectivity index (χ2v) is 5.39. The summed E-state index contributed by atoms with van der Waals surface area (Å²) in [5.74, 6) is -0.703. The Morgan fingerprint density at radius 3 is 2.94 bits per heavy atom. The molecule has 2 rings (SSSR count). The van der Waals surface area contributed by atoms with Gasteiger partial charge in [0.05, 0.1) is 5.41 Å². The average molecular weight is 254 g/mol. The summed E-state index contributed by atoms with van der Waals surface area (Å²) in [4.78, 5) is 13.3. The van der Waals surface area contributed by atoms with E-state index in [2.05, 4.69) is 4.90 Å². The van der Waals surface area contributed by atoms with Gasteiger partial charge in [0.25, 0.3) is 0 Å². The van der Waals surface area contributed by atoms with E-state index in [-0.39, 0.29) is 0 Å². The molecule has 0 bridgehead atoms. The molecule has 4 heteroatoms. The molecule has 1 aromatic carbocycles. The minimum Gasteiger partial charge on any atom is -0.481 e. The Kier molecular flexibility index (Phi) is 3.40. The van der Waals surface area contributed by atoms with Crippen LogP contribution in [0.1, 0.15) is 18.9 Å². The number of benzene rings is 1. The van der Waals surface area contributed by atoms with Crippen molar-refractivity contribution in [1.29, 1.82) is 0 Å². The fourth-order valence-corrected chi connectivity index (χ4v) is 2.47. The first-order chi connectivity index (χ1) is 7.99. The van der Waals surface area contributed by atoms with Gasteiger partial charge in [0.1, 0.15) is 0 Å². The first-order valence-electron chi connectivity index (χ1n) is 5.70. The van der Waals surface area contributed by atoms with E-state index in [4.69, 9.17) is 16.7 Å². The molecule has 17 heavy (non-hydrogen) atoms. The predicted octanol–water partition coefficient (Wildman–Crippen LogP) is 2.64. The zero-order valence-corrected chi connectivity index (χ0v) is 10.6. The van der Waals surface area contributed by atoms with Gasteiger partial charge in [-0.1, -0.05) is 23.7 Å². The largest absolute Gasteiger partial charge is 0.481 e. The Morgan fingerprint density at radius 2 is 2.35 bits per heavy atom. The zero-order chi connectivity index (χ0) is 12.5. The van der Waals surface area contributed by atoms with Gasteiger partial charge in [-0.15, -0.1) is 0 Å². The van der Waals surface area contributed by atoms with Crippen LogP contribution in [0.3, 0.4) is 0 Å². The van der Waals surface area contributed by atoms with Gasteiger partial charge in [-0.3, -0.25) is 9.69 Å². The Morgan fingerprint density at radius 1 is 1.59 bits per heavy atom. The number of nitrogens with zero attached hydrogens (tertiary/aromatic N) is 1. The molecular formula is C13H16ClNO2. The van der Waals surface area contributed by atoms with Crippen molar-refractivity contribution in [3.05, 3.63) is 34.9 Å². The monoisotopic (exact) mass is 253 g/mol. The lowest BCUT2D eigenvalue weighted by atomic mass is 9.90. The quantitative estimate of drug-likeness (QED) is 0.900. The third-order valence-electron chi connectivity index (χ3n) is 3.36. The second-order valence-electron chi connectivity index (χ2n) is 4.96. The molecule has 1 saturated heterocycles. The van der Waals surface area contributed by atoms with Crippen molar-refractivity contribution in [2.45, 2.75) is 19.9 Å². The molecule has 1 atom stereocenters. The van der Waals surface area contributed by atoms with Gasteiger partial charge in [-0.2, -0.15) is 0 Å². The molecule has 0 saturated carbocycles. The molecule has 0 aromatic heterocycles. The standard InChI is InChI=1S/C13H16ClNO2/c1-13(12(16)17)5-6-15(9-13)8-10-3-2-4-11(14)7-10/h2-4,7H,5-6,8-9H2,1H3,(H,16,17). The number of carboxylic acids is 1. The summed E-state index contributed by atoms with van der Waals surface area (Å²) in [5.41, 5.74) is 0.533. The van der Waals surface area contributed by atoms with Gasteiger partial charge in [0.2, 0.25) is 0 Å². The van der Waals surface area contributed by atoms with Crippen molar-refractivity contribution < 1.29 is 9.90 Å². The molecule has 1 aliphatic rings. The Bertz CT molecular complexity index is 435. The van der Waals surface area contributed by atoms with Crippen molar-refractivity contribution >= 4 is 17.6 Å². The fraction of sp³-hybridized carbons (Fsp3) is 0.462. The van der Waals surface area contributed by atoms with Crippen molar-refractivity contribution in [3.63, 3.8) is 0 Å². The van der Waals surface area contributed by atoms with Crippen LogP contribution in [0.4, 0.5) is 0 Å². The Hall–Kier alpha value is -1.06. The van der Waals surface area contributed by atoms with Gasteiger partial charge in [-0.05, 0) is 37.6 Å². The highest BCUT2D eigenvalue weighted by Crippen LogP contribution is 2.31. The van der Waals surface area contributed by atoms with E-state index in [9.17, 15) is 4.79 Å². The van der Waals surface area contributed by atoms with Gasteiger partial charge < -0.3 is 5.11 Å². The molecule has 1 aliphatic heterocycles. The summed E-state index contributed by atoms with van der Waals surface area (Å²) >= 11 is 5.92. The van der Waals surface area contributed by atoms with Crippen LogP contribution in [-0.2, 0) is 11.3 Å². The van der Waals surface area contributed by atoms with Gasteiger partial charge in [0, 0.05) is 18.1 Å². The molecule has 0 spiro atoms. The van der Waals surface area contributed by atoms with Crippen LogP contribution in [0.5, 0.6) is 0 Å². The van der Waals surface area contributed by atoms with Crippen LogP contribution in [0.2, 0.25) is 5.02 Å². The smallest absolute Gasteiger partial charge is 0.310 e. The first kappa shape index (κ1) is 12.4. The molecule has 0 radical (unpaired) electrons. The lowest BCUT2D eigenvalue weighted by Crippen LogP contribution is -2.31. The van der Waals surface area contributed by atoms with E-state index < -0.39 is 11.4 Å². The maximum atomic E-state index is 11.1. The maximum absolute atomic E-state index is 11.1. The van der Waals surface area contributed by atoms with Gasteiger partial charge in [-0.25, -0.2) is 0 Å². The van der Waals surface area contributed by atoms with E-state index in [1.54, 1.807) is 0 Å². The first-order valence-corrected chi connectivity index (χ1v) is 6.08. The van der Waals surface area contributed by atoms with Crippen molar-refractivity contribution in [1.82, 2.24) is 4.90 Å². The number of carbonyl (C=O) groups is 1. The number of hydrogen-bond donors (Lipinski definition) is 1. The Labute approximate surface area is 106 Å². The molecule has 1 unspecified atom stereocenters. The van der Waals surface area contributed by atoms with Crippen LogP contribution in [0.15, 0.2) is 24.3 Å². The number of aliphatic carboxylic acids is 1. The number of likely N-dealkylation sites (tertiary alicyclic amines) is 1. The normalized spacial score (nSPS) is 25.1. The number of rotatable bonds is 3. The third-order valence-corrected chi connectivity index (χ3v) is 3.60. The maximum Gasteiger partial charge on any atom is 0.310 e. The van der Waals surface area contributed by atoms with E-state index in [0.29, 0.717) is 13.0 Å². The molecule has 0 amide bonds. The number of halogens is 1. The van der Waals surface area contributed by atoms with E-state index in [1.165, 1.54) is 0 Å². The number of carboxylic acid groups (broad SMARTS) is 1. The lowest BCUT2D eigenvalue weighted by Gasteiger charge is -2.20. The lowest BCUT2D eigenvalue weighted by molar-refractivity contribution is -0.147. The van der Waals surface area contributed by atoms with Crippen LogP contribution in [0.25, 0.3) is 0 Å². The van der Waals surface area contributed by atoms with Crippen LogP contribution < -0.4 is 0 Å². The summed E-state index contributed by atoms with van der Waals surface area (Å²) in [6.07, 6.45) is 0.711. The van der Waals surface area contributed by atoms with Gasteiger partial charge >= 0.3 is 5.97 Å². The average Bonchev–Trinajstić information content (AvgIpc) is 2.61. The highest BCUT2D eigenvalue weighted by Gasteiger charge is 2.40. The summed E-state index contributed by atoms with van der Waals surface area (Å²) < 4.78 is 0. The fourth-order valence-electron chi connectivity index (χ4n) is 2.26. The van der Waals surface area contributed by atoms with E-state index in [1.807, 2.05) is 31.2 Å². The van der Waals surface area contributed by atoms with E-state index >= 15 is 0 Å². The summed E-state index contributed by atoms with van der Waals surface area (Å²) in [6.45, 7) is 4.01. The number of hydrogen-bond acceptors (Lipinski definition) is 2. The summed E-state index contributed by atoms with van der Waals surface area (Å²) in [5, 5.41) is 9.88. The van der Waals surface area contributed by atoms with Crippen molar-refractivity contribution in [2.75, 3.05) is 13.1 Å². The van der Waals surface area contributed by atoms with Crippen LogP contribution >= 0.6 is 11.6 Å². The predicted molar refractivity (Wildman–Crippen MR) is 67.1 cm³/mol. The molecule has 1 fully saturated rings. The summed E-state index contributed by atoms with van der Waals surface area (Å²) in [6, 6.07) is 7.71. The Balaban J connectivity index is 2.01. The molecular weight excluding hydrogens is 238 g/mol. The minimum atomic E-state index is -0.703. The SMILES string of the molecule is CC1(C(=O)O)CCN(Cc2cccc(Cl)c2)C1. The molecule has 0 aliphatic carbocycles. The van der Waals surface area contributed by atoms with Crippen LogP contribution in [0, 0.1) is 5.41 Å². The second kappa shape index (κ2) is 4.67. The molecule has 1 N–H and O–H groups in total. The molecule has 92 valence electrons. The minimum absolute atomic E-state index is 0.599. The van der Waals surface area contributed by atoms with Gasteiger partial charge in [0.15, 0.2) is 0 Å². The van der Waals surface area contributed by atoms with E-state index in [0.717, 1.165) is 23.7 Å². The van der Waals surface area contributed by atoms with Crippen molar-refractivity contribution in [2.24, 2.45) is 5.41 Å².